The highest BCUT2D eigenvalue weighted by atomic mass is 32.2. The first-order valence-electron chi connectivity index (χ1n) is 7.34. The lowest BCUT2D eigenvalue weighted by atomic mass is 10.2. The van der Waals surface area contributed by atoms with E-state index in [2.05, 4.69) is 33.9 Å². The second-order valence-electron chi connectivity index (χ2n) is 7.01. The summed E-state index contributed by atoms with van der Waals surface area (Å²) < 4.78 is 58.2. The lowest BCUT2D eigenvalue weighted by Crippen LogP contribution is -2.43. The van der Waals surface area contributed by atoms with Crippen LogP contribution in [0, 0.1) is 11.6 Å². The van der Waals surface area contributed by atoms with Crippen molar-refractivity contribution >= 4 is 18.3 Å². The number of hydrogen-bond donors (Lipinski definition) is 0. The minimum Gasteiger partial charge on any atom is -0.415 e. The van der Waals surface area contributed by atoms with Gasteiger partial charge < -0.3 is 4.43 Å². The minimum atomic E-state index is -4.01. The smallest absolute Gasteiger partial charge is 0.245 e. The molecule has 132 valence electrons. The average molecular weight is 366 g/mol. The number of rotatable bonds is 6. The van der Waals surface area contributed by atoms with Crippen LogP contribution in [0.5, 0.6) is 0 Å². The number of likely N-dealkylation sites (N-methyl/N-ethyl adjacent to an activating group) is 1. The van der Waals surface area contributed by atoms with Crippen molar-refractivity contribution in [3.05, 3.63) is 29.8 Å². The van der Waals surface area contributed by atoms with Crippen LogP contribution < -0.4 is 0 Å². The lowest BCUT2D eigenvalue weighted by molar-refractivity contribution is 0.263. The molecular formula is C15H25F2NO3SSi. The largest absolute Gasteiger partial charge is 0.415 e. The van der Waals surface area contributed by atoms with Crippen molar-refractivity contribution < 1.29 is 21.6 Å². The molecule has 0 N–H and O–H groups in total. The Morgan fingerprint density at radius 1 is 1.22 bits per heavy atom. The predicted molar refractivity (Wildman–Crippen MR) is 89.3 cm³/mol. The molecule has 0 aliphatic rings. The molecule has 0 unspecified atom stereocenters. The molecule has 0 aliphatic heterocycles. The Balaban J connectivity index is 2.79. The van der Waals surface area contributed by atoms with Crippen LogP contribution in [0.15, 0.2) is 23.1 Å². The molecule has 0 fully saturated rings. The molecule has 0 aromatic heterocycles. The number of halogens is 2. The van der Waals surface area contributed by atoms with Crippen LogP contribution in [-0.4, -0.2) is 41.2 Å². The zero-order valence-corrected chi connectivity index (χ0v) is 16.3. The third-order valence-electron chi connectivity index (χ3n) is 4.26. The van der Waals surface area contributed by atoms with E-state index in [0.29, 0.717) is 6.07 Å². The van der Waals surface area contributed by atoms with Gasteiger partial charge in [-0.1, -0.05) is 20.8 Å². The molecule has 1 aromatic rings. The van der Waals surface area contributed by atoms with E-state index in [-0.39, 0.29) is 18.2 Å². The Kier molecular flexibility index (Phi) is 6.12. The maximum atomic E-state index is 13.7. The van der Waals surface area contributed by atoms with Crippen molar-refractivity contribution in [2.24, 2.45) is 0 Å². The Morgan fingerprint density at radius 3 is 2.26 bits per heavy atom. The van der Waals surface area contributed by atoms with Gasteiger partial charge in [0.2, 0.25) is 10.0 Å². The Labute approximate surface area is 138 Å². The lowest BCUT2D eigenvalue weighted by Gasteiger charge is -2.36. The van der Waals surface area contributed by atoms with Gasteiger partial charge in [0.25, 0.3) is 0 Å². The fourth-order valence-electron chi connectivity index (χ4n) is 1.62. The molecule has 0 aliphatic carbocycles. The van der Waals surface area contributed by atoms with Crippen molar-refractivity contribution in [2.45, 2.75) is 43.8 Å². The molecule has 4 nitrogen and oxygen atoms in total. The van der Waals surface area contributed by atoms with E-state index in [4.69, 9.17) is 4.43 Å². The van der Waals surface area contributed by atoms with Gasteiger partial charge in [0, 0.05) is 26.3 Å². The predicted octanol–water partition coefficient (Wildman–Crippen LogP) is 3.61. The Hall–Kier alpha value is -0.833. The zero-order chi connectivity index (χ0) is 18.1. The van der Waals surface area contributed by atoms with Crippen molar-refractivity contribution in [1.82, 2.24) is 4.31 Å². The number of sulfonamides is 1. The second kappa shape index (κ2) is 6.96. The molecule has 0 spiro atoms. The first kappa shape index (κ1) is 20.2. The van der Waals surface area contributed by atoms with Gasteiger partial charge in [-0.3, -0.25) is 0 Å². The molecule has 0 atom stereocenters. The van der Waals surface area contributed by atoms with Gasteiger partial charge in [-0.05, 0) is 30.3 Å². The normalized spacial score (nSPS) is 13.6. The van der Waals surface area contributed by atoms with Crippen LogP contribution in [0.3, 0.4) is 0 Å². The number of benzene rings is 1. The molecule has 0 saturated carbocycles. The van der Waals surface area contributed by atoms with Gasteiger partial charge >= 0.3 is 0 Å². The highest BCUT2D eigenvalue weighted by Crippen LogP contribution is 2.36. The van der Waals surface area contributed by atoms with Gasteiger partial charge in [0.1, 0.15) is 16.5 Å². The van der Waals surface area contributed by atoms with Crippen molar-refractivity contribution in [3.63, 3.8) is 0 Å². The maximum Gasteiger partial charge on any atom is 0.245 e. The highest BCUT2D eigenvalue weighted by molar-refractivity contribution is 7.89. The van der Waals surface area contributed by atoms with E-state index in [9.17, 15) is 17.2 Å². The quantitative estimate of drug-likeness (QED) is 0.724. The monoisotopic (exact) mass is 365 g/mol. The number of hydrogen-bond acceptors (Lipinski definition) is 3. The Bertz CT molecular complexity index is 657. The topological polar surface area (TPSA) is 46.6 Å². The first-order valence-corrected chi connectivity index (χ1v) is 11.7. The van der Waals surface area contributed by atoms with Gasteiger partial charge in [0.15, 0.2) is 8.32 Å². The SMILES string of the molecule is CN(CCO[Si](C)(C)C(C)(C)C)S(=O)(=O)c1ccc(F)cc1F. The summed E-state index contributed by atoms with van der Waals surface area (Å²) in [5.41, 5.74) is 0. The summed E-state index contributed by atoms with van der Waals surface area (Å²) in [5.74, 6) is -1.91. The molecule has 8 heteroatoms. The third-order valence-corrected chi connectivity index (χ3v) is 10.7. The maximum absolute atomic E-state index is 13.7. The fourth-order valence-corrected chi connectivity index (χ4v) is 3.85. The van der Waals surface area contributed by atoms with Gasteiger partial charge in [0.05, 0.1) is 0 Å². The van der Waals surface area contributed by atoms with E-state index in [1.54, 1.807) is 0 Å². The van der Waals surface area contributed by atoms with Crippen molar-refractivity contribution in [1.29, 1.82) is 0 Å². The first-order chi connectivity index (χ1) is 10.3. The average Bonchev–Trinajstić information content (AvgIpc) is 2.36. The van der Waals surface area contributed by atoms with Gasteiger partial charge in [-0.2, -0.15) is 4.31 Å². The summed E-state index contributed by atoms with van der Waals surface area (Å²) in [6.07, 6.45) is 0. The summed E-state index contributed by atoms with van der Waals surface area (Å²) in [7, 11) is -4.63. The molecule has 1 aromatic carbocycles. The number of nitrogens with zero attached hydrogens (tertiary/aromatic N) is 1. The molecule has 0 bridgehead atoms. The van der Waals surface area contributed by atoms with E-state index in [0.717, 1.165) is 16.4 Å². The van der Waals surface area contributed by atoms with Gasteiger partial charge in [-0.15, -0.1) is 0 Å². The van der Waals surface area contributed by atoms with Crippen LogP contribution in [0.1, 0.15) is 20.8 Å². The van der Waals surface area contributed by atoms with E-state index in [1.807, 2.05) is 0 Å². The van der Waals surface area contributed by atoms with Crippen LogP contribution >= 0.6 is 0 Å². The van der Waals surface area contributed by atoms with Crippen LogP contribution in [0.2, 0.25) is 18.1 Å². The standard InChI is InChI=1S/C15H25F2NO3SSi/c1-15(2,3)23(5,6)21-10-9-18(4)22(19,20)14-8-7-12(16)11-13(14)17/h7-8,11H,9-10H2,1-6H3. The zero-order valence-electron chi connectivity index (χ0n) is 14.5. The summed E-state index contributed by atoms with van der Waals surface area (Å²) in [6.45, 7) is 10.7. The summed E-state index contributed by atoms with van der Waals surface area (Å²) in [4.78, 5) is -0.534. The van der Waals surface area contributed by atoms with E-state index >= 15 is 0 Å². The third kappa shape index (κ3) is 4.82. The molecular weight excluding hydrogens is 340 g/mol. The Morgan fingerprint density at radius 2 is 1.78 bits per heavy atom. The fraction of sp³-hybridized carbons (Fsp3) is 0.600. The summed E-state index contributed by atoms with van der Waals surface area (Å²) in [5, 5.41) is 0.0213. The molecule has 23 heavy (non-hydrogen) atoms. The summed E-state index contributed by atoms with van der Waals surface area (Å²) in [6, 6.07) is 2.42. The van der Waals surface area contributed by atoms with Crippen LogP contribution in [0.25, 0.3) is 0 Å². The second-order valence-corrected chi connectivity index (χ2v) is 13.8. The van der Waals surface area contributed by atoms with Crippen molar-refractivity contribution in [2.75, 3.05) is 20.2 Å². The van der Waals surface area contributed by atoms with E-state index < -0.39 is 34.9 Å². The molecule has 0 amide bonds. The molecule has 0 saturated heterocycles. The van der Waals surface area contributed by atoms with Crippen LogP contribution in [-0.2, 0) is 14.4 Å². The minimum absolute atomic E-state index is 0.0213. The van der Waals surface area contributed by atoms with Crippen molar-refractivity contribution in [3.8, 4) is 0 Å². The molecule has 0 radical (unpaired) electrons. The molecule has 1 rings (SSSR count). The van der Waals surface area contributed by atoms with E-state index in [1.165, 1.54) is 7.05 Å². The molecule has 0 heterocycles. The summed E-state index contributed by atoms with van der Waals surface area (Å²) >= 11 is 0. The van der Waals surface area contributed by atoms with Crippen LogP contribution in [0.4, 0.5) is 8.78 Å². The highest BCUT2D eigenvalue weighted by Gasteiger charge is 2.37. The van der Waals surface area contributed by atoms with Gasteiger partial charge in [-0.25, -0.2) is 17.2 Å².